The summed E-state index contributed by atoms with van der Waals surface area (Å²) >= 11 is 11.8. The Kier molecular flexibility index (Phi) is 4.64. The summed E-state index contributed by atoms with van der Waals surface area (Å²) in [4.78, 5) is 4.38. The number of hydrogen-bond acceptors (Lipinski definition) is 3. The molecule has 0 saturated heterocycles. The molecule has 0 amide bonds. The van der Waals surface area contributed by atoms with E-state index in [-0.39, 0.29) is 10.8 Å². The van der Waals surface area contributed by atoms with Crippen LogP contribution in [0.3, 0.4) is 0 Å². The predicted octanol–water partition coefficient (Wildman–Crippen LogP) is 3.69. The van der Waals surface area contributed by atoms with Gasteiger partial charge in [-0.3, -0.25) is 4.98 Å². The number of aryl methyl sites for hydroxylation is 1. The van der Waals surface area contributed by atoms with E-state index < -0.39 is 0 Å². The first-order valence-electron chi connectivity index (χ1n) is 5.86. The third-order valence-corrected chi connectivity index (χ3v) is 3.18. The monoisotopic (exact) mass is 296 g/mol. The van der Waals surface area contributed by atoms with Crippen molar-refractivity contribution in [3.05, 3.63) is 57.3 Å². The number of phenolic OH excluding ortho intramolecular Hbond substituents is 1. The highest BCUT2D eigenvalue weighted by molar-refractivity contribution is 6.35. The molecule has 2 aromatic rings. The number of hydrogen-bond donors (Lipinski definition) is 2. The SMILES string of the molecule is Cc1cccc(CNCc2cc(Cl)cc(Cl)c2O)n1. The molecule has 2 rings (SSSR count). The van der Waals surface area contributed by atoms with Gasteiger partial charge >= 0.3 is 0 Å². The number of aromatic hydroxyl groups is 1. The molecule has 0 atom stereocenters. The van der Waals surface area contributed by atoms with Crippen molar-refractivity contribution in [1.82, 2.24) is 10.3 Å². The van der Waals surface area contributed by atoms with E-state index >= 15 is 0 Å². The van der Waals surface area contributed by atoms with Crippen LogP contribution < -0.4 is 5.32 Å². The maximum absolute atomic E-state index is 9.82. The van der Waals surface area contributed by atoms with E-state index in [1.54, 1.807) is 6.07 Å². The Balaban J connectivity index is 2.00. The summed E-state index contributed by atoms with van der Waals surface area (Å²) in [6, 6.07) is 9.08. The van der Waals surface area contributed by atoms with Crippen molar-refractivity contribution in [1.29, 1.82) is 0 Å². The molecule has 100 valence electrons. The van der Waals surface area contributed by atoms with E-state index in [4.69, 9.17) is 23.2 Å². The largest absolute Gasteiger partial charge is 0.506 e. The lowest BCUT2D eigenvalue weighted by molar-refractivity contribution is 0.464. The van der Waals surface area contributed by atoms with Crippen molar-refractivity contribution in [2.24, 2.45) is 0 Å². The van der Waals surface area contributed by atoms with Crippen LogP contribution >= 0.6 is 23.2 Å². The van der Waals surface area contributed by atoms with Gasteiger partial charge in [-0.2, -0.15) is 0 Å². The lowest BCUT2D eigenvalue weighted by Gasteiger charge is -2.09. The average molecular weight is 297 g/mol. The minimum atomic E-state index is 0.0655. The molecule has 1 aromatic heterocycles. The molecule has 19 heavy (non-hydrogen) atoms. The fraction of sp³-hybridized carbons (Fsp3) is 0.214. The number of benzene rings is 1. The van der Waals surface area contributed by atoms with Gasteiger partial charge in [-0.05, 0) is 31.2 Å². The van der Waals surface area contributed by atoms with E-state index in [1.807, 2.05) is 25.1 Å². The molecule has 0 spiro atoms. The molecule has 0 radical (unpaired) electrons. The second-order valence-electron chi connectivity index (χ2n) is 4.27. The van der Waals surface area contributed by atoms with Gasteiger partial charge in [-0.25, -0.2) is 0 Å². The average Bonchev–Trinajstić information content (AvgIpc) is 2.35. The molecule has 1 aromatic carbocycles. The van der Waals surface area contributed by atoms with Crippen molar-refractivity contribution in [3.63, 3.8) is 0 Å². The van der Waals surface area contributed by atoms with Crippen LogP contribution in [-0.4, -0.2) is 10.1 Å². The smallest absolute Gasteiger partial charge is 0.138 e. The van der Waals surface area contributed by atoms with Crippen molar-refractivity contribution in [2.45, 2.75) is 20.0 Å². The summed E-state index contributed by atoms with van der Waals surface area (Å²) in [6.07, 6.45) is 0. The Morgan fingerprint density at radius 2 is 2.00 bits per heavy atom. The van der Waals surface area contributed by atoms with Crippen LogP contribution in [0, 0.1) is 6.92 Å². The van der Waals surface area contributed by atoms with Gasteiger partial charge in [0.05, 0.1) is 10.7 Å². The molecule has 0 bridgehead atoms. The van der Waals surface area contributed by atoms with Gasteiger partial charge in [0.25, 0.3) is 0 Å². The first-order chi connectivity index (χ1) is 9.06. The maximum atomic E-state index is 9.82. The molecule has 0 aliphatic carbocycles. The predicted molar refractivity (Wildman–Crippen MR) is 77.6 cm³/mol. The van der Waals surface area contributed by atoms with Crippen molar-refractivity contribution >= 4 is 23.2 Å². The van der Waals surface area contributed by atoms with Gasteiger partial charge in [0.1, 0.15) is 5.75 Å². The quantitative estimate of drug-likeness (QED) is 0.904. The van der Waals surface area contributed by atoms with Crippen molar-refractivity contribution in [2.75, 3.05) is 0 Å². The third kappa shape index (κ3) is 3.83. The summed E-state index contributed by atoms with van der Waals surface area (Å²) in [5.74, 6) is 0.0655. The van der Waals surface area contributed by atoms with Gasteiger partial charge in [0, 0.05) is 29.4 Å². The first-order valence-corrected chi connectivity index (χ1v) is 6.62. The molecule has 0 fully saturated rings. The Morgan fingerprint density at radius 3 is 2.74 bits per heavy atom. The molecule has 0 unspecified atom stereocenters. The standard InChI is InChI=1S/C14H14Cl2N2O/c1-9-3-2-4-12(18-9)8-17-7-10-5-11(15)6-13(16)14(10)19/h2-6,17,19H,7-8H2,1H3. The topological polar surface area (TPSA) is 45.1 Å². The Labute approximate surface area is 122 Å². The van der Waals surface area contributed by atoms with E-state index in [1.165, 1.54) is 6.07 Å². The third-order valence-electron chi connectivity index (χ3n) is 2.67. The van der Waals surface area contributed by atoms with Crippen molar-refractivity contribution < 1.29 is 5.11 Å². The van der Waals surface area contributed by atoms with Crippen LogP contribution in [0.1, 0.15) is 17.0 Å². The van der Waals surface area contributed by atoms with E-state index in [9.17, 15) is 5.11 Å². The molecule has 0 aliphatic heterocycles. The number of halogens is 2. The molecule has 3 nitrogen and oxygen atoms in total. The highest BCUT2D eigenvalue weighted by atomic mass is 35.5. The molecule has 0 aliphatic rings. The van der Waals surface area contributed by atoms with Gasteiger partial charge in [-0.1, -0.05) is 29.3 Å². The molecule has 5 heteroatoms. The van der Waals surface area contributed by atoms with Crippen LogP contribution in [0.5, 0.6) is 5.75 Å². The highest BCUT2D eigenvalue weighted by Gasteiger charge is 2.07. The zero-order valence-electron chi connectivity index (χ0n) is 10.5. The van der Waals surface area contributed by atoms with Gasteiger partial charge in [0.15, 0.2) is 0 Å². The Hall–Kier alpha value is -1.29. The normalized spacial score (nSPS) is 10.7. The Morgan fingerprint density at radius 1 is 1.21 bits per heavy atom. The number of rotatable bonds is 4. The first kappa shape index (κ1) is 14.1. The number of aromatic nitrogens is 1. The van der Waals surface area contributed by atoms with Crippen LogP contribution in [-0.2, 0) is 13.1 Å². The molecular formula is C14H14Cl2N2O. The van der Waals surface area contributed by atoms with Crippen LogP contribution in [0.25, 0.3) is 0 Å². The maximum Gasteiger partial charge on any atom is 0.138 e. The fourth-order valence-electron chi connectivity index (χ4n) is 1.78. The molecule has 2 N–H and O–H groups in total. The van der Waals surface area contributed by atoms with E-state index in [0.29, 0.717) is 23.7 Å². The number of nitrogens with zero attached hydrogens (tertiary/aromatic N) is 1. The minimum Gasteiger partial charge on any atom is -0.506 e. The van der Waals surface area contributed by atoms with E-state index in [2.05, 4.69) is 10.3 Å². The second kappa shape index (κ2) is 6.24. The summed E-state index contributed by atoms with van der Waals surface area (Å²) in [7, 11) is 0. The van der Waals surface area contributed by atoms with Gasteiger partial charge < -0.3 is 10.4 Å². The molecular weight excluding hydrogens is 283 g/mol. The molecule has 1 heterocycles. The summed E-state index contributed by atoms with van der Waals surface area (Å²) < 4.78 is 0. The zero-order valence-corrected chi connectivity index (χ0v) is 12.0. The fourth-order valence-corrected chi connectivity index (χ4v) is 2.31. The minimum absolute atomic E-state index is 0.0655. The number of pyridine rings is 1. The zero-order chi connectivity index (χ0) is 13.8. The lowest BCUT2D eigenvalue weighted by atomic mass is 10.2. The second-order valence-corrected chi connectivity index (χ2v) is 5.11. The van der Waals surface area contributed by atoms with Gasteiger partial charge in [-0.15, -0.1) is 0 Å². The summed E-state index contributed by atoms with van der Waals surface area (Å²) in [6.45, 7) is 3.04. The number of phenols is 1. The summed E-state index contributed by atoms with van der Waals surface area (Å²) in [5.41, 5.74) is 2.60. The number of nitrogens with one attached hydrogen (secondary N) is 1. The Bertz CT molecular complexity index is 588. The van der Waals surface area contributed by atoms with Gasteiger partial charge in [0.2, 0.25) is 0 Å². The van der Waals surface area contributed by atoms with Crippen molar-refractivity contribution in [3.8, 4) is 5.75 Å². The summed E-state index contributed by atoms with van der Waals surface area (Å²) in [5, 5.41) is 13.8. The van der Waals surface area contributed by atoms with Crippen LogP contribution in [0.4, 0.5) is 0 Å². The lowest BCUT2D eigenvalue weighted by Crippen LogP contribution is -2.14. The highest BCUT2D eigenvalue weighted by Crippen LogP contribution is 2.30. The van der Waals surface area contributed by atoms with E-state index in [0.717, 1.165) is 11.4 Å². The van der Waals surface area contributed by atoms with Crippen LogP contribution in [0.2, 0.25) is 10.0 Å². The van der Waals surface area contributed by atoms with Crippen LogP contribution in [0.15, 0.2) is 30.3 Å². The molecule has 0 saturated carbocycles.